The van der Waals surface area contributed by atoms with E-state index < -0.39 is 0 Å². The van der Waals surface area contributed by atoms with Gasteiger partial charge < -0.3 is 9.47 Å². The Balaban J connectivity index is 1.61. The maximum absolute atomic E-state index is 13.4. The van der Waals surface area contributed by atoms with Crippen LogP contribution in [-0.4, -0.2) is 36.3 Å². The summed E-state index contributed by atoms with van der Waals surface area (Å²) < 4.78 is 10.7. The van der Waals surface area contributed by atoms with Crippen molar-refractivity contribution in [1.82, 2.24) is 0 Å². The standard InChI is InChI=1S/C28H26N2O4S/c1-4-34-24-15-11-22(12-16-24)30-27(32)25(17-20-7-13-23(33-3)14-8-20)29-28(30)35-18-26(31)21-9-5-19(2)6-10-21/h5-17H,4,18H2,1-3H3. The van der Waals surface area contributed by atoms with Gasteiger partial charge in [0.1, 0.15) is 17.2 Å². The molecule has 6 nitrogen and oxygen atoms in total. The predicted octanol–water partition coefficient (Wildman–Crippen LogP) is 5.76. The SMILES string of the molecule is CCOc1ccc(N2C(=O)C(=Cc3ccc(OC)cc3)N=C2SCC(=O)c2ccc(C)cc2)cc1. The molecule has 4 rings (SSSR count). The van der Waals surface area contributed by atoms with Gasteiger partial charge in [0.2, 0.25) is 0 Å². The van der Waals surface area contributed by atoms with Gasteiger partial charge in [0, 0.05) is 5.56 Å². The van der Waals surface area contributed by atoms with Gasteiger partial charge in [-0.05, 0) is 61.9 Å². The van der Waals surface area contributed by atoms with Gasteiger partial charge in [-0.25, -0.2) is 4.99 Å². The third-order valence-corrected chi connectivity index (χ3v) is 6.30. The van der Waals surface area contributed by atoms with Crippen LogP contribution < -0.4 is 14.4 Å². The summed E-state index contributed by atoms with van der Waals surface area (Å²) in [5, 5.41) is 0.458. The van der Waals surface area contributed by atoms with Gasteiger partial charge in [0.15, 0.2) is 11.0 Å². The number of hydrogen-bond donors (Lipinski definition) is 0. The highest BCUT2D eigenvalue weighted by molar-refractivity contribution is 8.14. The van der Waals surface area contributed by atoms with Gasteiger partial charge in [-0.2, -0.15) is 0 Å². The molecule has 1 heterocycles. The van der Waals surface area contributed by atoms with E-state index in [1.807, 2.05) is 86.6 Å². The Morgan fingerprint density at radius 3 is 2.26 bits per heavy atom. The van der Waals surface area contributed by atoms with Gasteiger partial charge in [-0.1, -0.05) is 53.7 Å². The number of anilines is 1. The van der Waals surface area contributed by atoms with Crippen molar-refractivity contribution < 1.29 is 19.1 Å². The lowest BCUT2D eigenvalue weighted by molar-refractivity contribution is -0.113. The number of aliphatic imine (C=N–C) groups is 1. The molecule has 0 radical (unpaired) electrons. The van der Waals surface area contributed by atoms with Crippen molar-refractivity contribution in [1.29, 1.82) is 0 Å². The molecule has 0 fully saturated rings. The summed E-state index contributed by atoms with van der Waals surface area (Å²) in [5.74, 6) is 1.34. The van der Waals surface area contributed by atoms with E-state index in [1.165, 1.54) is 16.7 Å². The van der Waals surface area contributed by atoms with Crippen molar-refractivity contribution in [2.24, 2.45) is 4.99 Å². The Labute approximate surface area is 209 Å². The summed E-state index contributed by atoms with van der Waals surface area (Å²) in [6.45, 7) is 4.45. The molecule has 0 saturated heterocycles. The Morgan fingerprint density at radius 1 is 0.971 bits per heavy atom. The molecule has 0 aliphatic carbocycles. The molecule has 1 aliphatic rings. The number of thioether (sulfide) groups is 1. The van der Waals surface area contributed by atoms with Gasteiger partial charge >= 0.3 is 0 Å². The van der Waals surface area contributed by atoms with Crippen LogP contribution in [0.5, 0.6) is 11.5 Å². The first-order chi connectivity index (χ1) is 17.0. The highest BCUT2D eigenvalue weighted by Gasteiger charge is 2.32. The molecule has 7 heteroatoms. The Kier molecular flexibility index (Phi) is 7.67. The molecule has 1 amide bonds. The van der Waals surface area contributed by atoms with Gasteiger partial charge in [-0.15, -0.1) is 0 Å². The first-order valence-corrected chi connectivity index (χ1v) is 12.2. The molecule has 0 N–H and O–H groups in total. The third-order valence-electron chi connectivity index (χ3n) is 5.36. The third kappa shape index (κ3) is 5.81. The number of ether oxygens (including phenoxy) is 2. The minimum absolute atomic E-state index is 0.0237. The second-order valence-corrected chi connectivity index (χ2v) is 8.78. The van der Waals surface area contributed by atoms with Crippen molar-refractivity contribution >= 4 is 40.4 Å². The number of carbonyl (C=O) groups excluding carboxylic acids is 2. The van der Waals surface area contributed by atoms with Crippen LogP contribution in [0.1, 0.15) is 28.4 Å². The fraction of sp³-hybridized carbons (Fsp3) is 0.179. The van der Waals surface area contributed by atoms with Crippen LogP contribution in [-0.2, 0) is 4.79 Å². The van der Waals surface area contributed by atoms with Crippen LogP contribution >= 0.6 is 11.8 Å². The van der Waals surface area contributed by atoms with E-state index in [0.29, 0.717) is 28.7 Å². The lowest BCUT2D eigenvalue weighted by Gasteiger charge is -2.18. The molecule has 0 spiro atoms. The second kappa shape index (κ2) is 11.1. The van der Waals surface area contributed by atoms with Crippen LogP contribution in [0.15, 0.2) is 83.5 Å². The number of benzene rings is 3. The van der Waals surface area contributed by atoms with Crippen molar-refractivity contribution in [2.75, 3.05) is 24.4 Å². The summed E-state index contributed by atoms with van der Waals surface area (Å²) in [4.78, 5) is 32.3. The molecule has 1 aliphatic heterocycles. The van der Waals surface area contributed by atoms with Crippen LogP contribution in [0.3, 0.4) is 0 Å². The molecule has 0 saturated carbocycles. The number of nitrogens with zero attached hydrogens (tertiary/aromatic N) is 2. The lowest BCUT2D eigenvalue weighted by Crippen LogP contribution is -2.30. The van der Waals surface area contributed by atoms with Gasteiger partial charge in [0.05, 0.1) is 25.2 Å². The zero-order valence-corrected chi connectivity index (χ0v) is 20.7. The number of amides is 1. The van der Waals surface area contributed by atoms with E-state index in [0.717, 1.165) is 22.6 Å². The second-order valence-electron chi connectivity index (χ2n) is 7.84. The van der Waals surface area contributed by atoms with E-state index in [4.69, 9.17) is 9.47 Å². The molecule has 0 aromatic heterocycles. The summed E-state index contributed by atoms with van der Waals surface area (Å²) >= 11 is 1.25. The van der Waals surface area contributed by atoms with E-state index in [2.05, 4.69) is 4.99 Å². The summed E-state index contributed by atoms with van der Waals surface area (Å²) in [6, 6.07) is 22.1. The lowest BCUT2D eigenvalue weighted by atomic mass is 10.1. The Bertz CT molecular complexity index is 1260. The molecule has 35 heavy (non-hydrogen) atoms. The van der Waals surface area contributed by atoms with Crippen molar-refractivity contribution in [3.8, 4) is 11.5 Å². The molecular formula is C28H26N2O4S. The average Bonchev–Trinajstić information content (AvgIpc) is 3.18. The number of rotatable bonds is 8. The fourth-order valence-electron chi connectivity index (χ4n) is 3.49. The Morgan fingerprint density at radius 2 is 1.63 bits per heavy atom. The maximum Gasteiger partial charge on any atom is 0.283 e. The smallest absolute Gasteiger partial charge is 0.283 e. The summed E-state index contributed by atoms with van der Waals surface area (Å²) in [7, 11) is 1.61. The molecular weight excluding hydrogens is 460 g/mol. The molecule has 0 bridgehead atoms. The maximum atomic E-state index is 13.4. The number of aryl methyl sites for hydroxylation is 1. The van der Waals surface area contributed by atoms with Crippen molar-refractivity contribution in [2.45, 2.75) is 13.8 Å². The number of Topliss-reactive ketones (excluding diaryl/α,β-unsaturated/α-hetero) is 1. The normalized spacial score (nSPS) is 14.3. The number of hydrogen-bond acceptors (Lipinski definition) is 6. The largest absolute Gasteiger partial charge is 0.497 e. The topological polar surface area (TPSA) is 68.2 Å². The molecule has 0 atom stereocenters. The number of amidine groups is 1. The van der Waals surface area contributed by atoms with Crippen molar-refractivity contribution in [3.63, 3.8) is 0 Å². The van der Waals surface area contributed by atoms with Gasteiger partial charge in [0.25, 0.3) is 5.91 Å². The van der Waals surface area contributed by atoms with Crippen LogP contribution in [0.4, 0.5) is 5.69 Å². The fourth-order valence-corrected chi connectivity index (χ4v) is 4.40. The minimum Gasteiger partial charge on any atom is -0.497 e. The van der Waals surface area contributed by atoms with Crippen molar-refractivity contribution in [3.05, 3.63) is 95.2 Å². The van der Waals surface area contributed by atoms with Crippen LogP contribution in [0.2, 0.25) is 0 Å². The van der Waals surface area contributed by atoms with E-state index in [1.54, 1.807) is 13.2 Å². The average molecular weight is 487 g/mol. The highest BCUT2D eigenvalue weighted by atomic mass is 32.2. The minimum atomic E-state index is -0.254. The molecule has 3 aromatic rings. The van der Waals surface area contributed by atoms with Crippen LogP contribution in [0, 0.1) is 6.92 Å². The predicted molar refractivity (Wildman–Crippen MR) is 141 cm³/mol. The zero-order chi connectivity index (χ0) is 24.8. The summed E-state index contributed by atoms with van der Waals surface area (Å²) in [6.07, 6.45) is 1.73. The monoisotopic (exact) mass is 486 g/mol. The summed E-state index contributed by atoms with van der Waals surface area (Å²) in [5.41, 5.74) is 3.51. The quantitative estimate of drug-likeness (QED) is 0.299. The first-order valence-electron chi connectivity index (χ1n) is 11.2. The van der Waals surface area contributed by atoms with E-state index in [9.17, 15) is 9.59 Å². The Hall–Kier alpha value is -3.84. The number of methoxy groups -OCH3 is 1. The molecule has 3 aromatic carbocycles. The van der Waals surface area contributed by atoms with Gasteiger partial charge in [-0.3, -0.25) is 14.5 Å². The molecule has 0 unspecified atom stereocenters. The number of ketones is 1. The number of carbonyl (C=O) groups is 2. The van der Waals surface area contributed by atoms with E-state index in [-0.39, 0.29) is 17.4 Å². The highest BCUT2D eigenvalue weighted by Crippen LogP contribution is 2.31. The first kappa shape index (κ1) is 24.3. The molecule has 178 valence electrons. The zero-order valence-electron chi connectivity index (χ0n) is 19.9. The van der Waals surface area contributed by atoms with E-state index >= 15 is 0 Å². The van der Waals surface area contributed by atoms with Crippen LogP contribution in [0.25, 0.3) is 6.08 Å².